The first-order chi connectivity index (χ1) is 11.2. The van der Waals surface area contributed by atoms with E-state index in [-0.39, 0.29) is 11.5 Å². The van der Waals surface area contributed by atoms with Gasteiger partial charge in [0.1, 0.15) is 11.6 Å². The lowest BCUT2D eigenvalue weighted by atomic mass is 10.2. The molecule has 1 heterocycles. The highest BCUT2D eigenvalue weighted by atomic mass is 32.2. The number of hydrogen-bond donors (Lipinski definition) is 1. The molecule has 132 valence electrons. The predicted molar refractivity (Wildman–Crippen MR) is 82.7 cm³/mol. The van der Waals surface area contributed by atoms with E-state index >= 15 is 0 Å². The van der Waals surface area contributed by atoms with Gasteiger partial charge in [-0.2, -0.15) is 0 Å². The first-order valence-corrected chi connectivity index (χ1v) is 9.16. The number of rotatable bonds is 6. The van der Waals surface area contributed by atoms with Crippen LogP contribution in [0, 0.1) is 5.82 Å². The van der Waals surface area contributed by atoms with Gasteiger partial charge in [-0.25, -0.2) is 17.6 Å². The molecule has 1 amide bonds. The normalized spacial score (nSPS) is 20.2. The number of carbonyl (C=O) groups excluding carboxylic acids is 2. The van der Waals surface area contributed by atoms with Crippen LogP contribution >= 0.6 is 0 Å². The molecule has 1 aromatic rings. The number of esters is 1. The van der Waals surface area contributed by atoms with Gasteiger partial charge in [0.15, 0.2) is 22.5 Å². The van der Waals surface area contributed by atoms with E-state index in [2.05, 4.69) is 5.32 Å². The molecule has 1 aromatic carbocycles. The molecule has 0 saturated carbocycles. The molecule has 2 atom stereocenters. The van der Waals surface area contributed by atoms with Gasteiger partial charge in [0.25, 0.3) is 5.91 Å². The van der Waals surface area contributed by atoms with E-state index in [1.807, 2.05) is 0 Å². The Bertz CT molecular complexity index is 703. The summed E-state index contributed by atoms with van der Waals surface area (Å²) in [5, 5.41) is 2.54. The highest BCUT2D eigenvalue weighted by Crippen LogP contribution is 2.12. The van der Waals surface area contributed by atoms with Gasteiger partial charge in [0.05, 0.1) is 11.5 Å². The molecule has 1 aliphatic heterocycles. The number of ether oxygens (including phenoxy) is 2. The van der Waals surface area contributed by atoms with E-state index < -0.39 is 46.3 Å². The molecule has 1 saturated heterocycles. The summed E-state index contributed by atoms with van der Waals surface area (Å²) in [4.78, 5) is 23.5. The number of nitrogens with one attached hydrogen (secondary N) is 1. The molecule has 0 spiro atoms. The quantitative estimate of drug-likeness (QED) is 0.740. The van der Waals surface area contributed by atoms with Crippen molar-refractivity contribution in [1.29, 1.82) is 0 Å². The maximum absolute atomic E-state index is 12.7. The largest absolute Gasteiger partial charge is 0.482 e. The summed E-state index contributed by atoms with van der Waals surface area (Å²) in [7, 11) is -3.10. The summed E-state index contributed by atoms with van der Waals surface area (Å²) < 4.78 is 45.4. The summed E-state index contributed by atoms with van der Waals surface area (Å²) >= 11 is 0. The molecule has 0 bridgehead atoms. The first kappa shape index (κ1) is 18.2. The second-order valence-corrected chi connectivity index (χ2v) is 7.71. The van der Waals surface area contributed by atoms with Crippen LogP contribution in [0.5, 0.6) is 5.75 Å². The molecule has 9 heteroatoms. The predicted octanol–water partition coefficient (Wildman–Crippen LogP) is 0.440. The van der Waals surface area contributed by atoms with Crippen molar-refractivity contribution in [1.82, 2.24) is 5.32 Å². The number of benzene rings is 1. The Kier molecular flexibility index (Phi) is 5.76. The van der Waals surface area contributed by atoms with E-state index in [0.29, 0.717) is 12.2 Å². The summed E-state index contributed by atoms with van der Waals surface area (Å²) in [5.41, 5.74) is 0. The molecule has 1 fully saturated rings. The SMILES string of the molecule is C[C@@H](OC(=O)COc1ccc(F)cc1)C(=O)N[C@H]1CCS(=O)(=O)C1. The Balaban J connectivity index is 1.74. The van der Waals surface area contributed by atoms with Gasteiger partial charge in [-0.1, -0.05) is 0 Å². The minimum Gasteiger partial charge on any atom is -0.482 e. The van der Waals surface area contributed by atoms with Crippen molar-refractivity contribution in [2.45, 2.75) is 25.5 Å². The molecule has 1 N–H and O–H groups in total. The topological polar surface area (TPSA) is 98.8 Å². The highest BCUT2D eigenvalue weighted by Gasteiger charge is 2.30. The third kappa shape index (κ3) is 5.48. The fraction of sp³-hybridized carbons (Fsp3) is 0.467. The summed E-state index contributed by atoms with van der Waals surface area (Å²) in [6, 6.07) is 4.64. The van der Waals surface area contributed by atoms with Crippen LogP contribution in [0.25, 0.3) is 0 Å². The summed E-state index contributed by atoms with van der Waals surface area (Å²) in [6.45, 7) is 0.954. The molecule has 1 aliphatic rings. The van der Waals surface area contributed by atoms with Crippen molar-refractivity contribution in [2.75, 3.05) is 18.1 Å². The van der Waals surface area contributed by atoms with E-state index in [0.717, 1.165) is 0 Å². The minimum absolute atomic E-state index is 0.0393. The van der Waals surface area contributed by atoms with E-state index in [1.165, 1.54) is 31.2 Å². The van der Waals surface area contributed by atoms with Gasteiger partial charge < -0.3 is 14.8 Å². The number of sulfone groups is 1. The Morgan fingerprint density at radius 2 is 2.00 bits per heavy atom. The van der Waals surface area contributed by atoms with Gasteiger partial charge >= 0.3 is 5.97 Å². The summed E-state index contributed by atoms with van der Waals surface area (Å²) in [6.07, 6.45) is -0.722. The molecule has 0 aromatic heterocycles. The second kappa shape index (κ2) is 7.61. The van der Waals surface area contributed by atoms with Crippen LogP contribution in [-0.4, -0.2) is 50.6 Å². The zero-order chi connectivity index (χ0) is 17.7. The van der Waals surface area contributed by atoms with E-state index in [9.17, 15) is 22.4 Å². The van der Waals surface area contributed by atoms with Gasteiger partial charge in [0.2, 0.25) is 0 Å². The summed E-state index contributed by atoms with van der Waals surface area (Å²) in [5.74, 6) is -1.52. The average molecular weight is 359 g/mol. The molecular formula is C15H18FNO6S. The van der Waals surface area contributed by atoms with Gasteiger partial charge in [-0.05, 0) is 37.6 Å². The van der Waals surface area contributed by atoms with Crippen LogP contribution in [-0.2, 0) is 24.2 Å². The third-order valence-corrected chi connectivity index (χ3v) is 5.19. The van der Waals surface area contributed by atoms with Crippen LogP contribution in [0.15, 0.2) is 24.3 Å². The monoisotopic (exact) mass is 359 g/mol. The molecular weight excluding hydrogens is 341 g/mol. The van der Waals surface area contributed by atoms with E-state index in [1.54, 1.807) is 0 Å². The maximum atomic E-state index is 12.7. The molecule has 0 radical (unpaired) electrons. The molecule has 24 heavy (non-hydrogen) atoms. The maximum Gasteiger partial charge on any atom is 0.344 e. The Morgan fingerprint density at radius 3 is 2.58 bits per heavy atom. The van der Waals surface area contributed by atoms with Crippen molar-refractivity contribution >= 4 is 21.7 Å². The number of hydrogen-bond acceptors (Lipinski definition) is 6. The Hall–Kier alpha value is -2.16. The highest BCUT2D eigenvalue weighted by molar-refractivity contribution is 7.91. The minimum atomic E-state index is -3.10. The number of amides is 1. The van der Waals surface area contributed by atoms with Crippen molar-refractivity contribution in [3.8, 4) is 5.75 Å². The molecule has 7 nitrogen and oxygen atoms in total. The molecule has 2 rings (SSSR count). The van der Waals surface area contributed by atoms with Crippen molar-refractivity contribution < 1.29 is 31.9 Å². The zero-order valence-electron chi connectivity index (χ0n) is 13.0. The standard InChI is InChI=1S/C15H18FNO6S/c1-10(15(19)17-12-6-7-24(20,21)9-12)23-14(18)8-22-13-4-2-11(16)3-5-13/h2-5,10,12H,6-9H2,1H3,(H,17,19)/t10-,12+/m1/s1. The Labute approximate surface area is 139 Å². The lowest BCUT2D eigenvalue weighted by molar-refractivity contribution is -0.156. The number of halogens is 1. The van der Waals surface area contributed by atoms with Gasteiger partial charge in [-0.3, -0.25) is 4.79 Å². The van der Waals surface area contributed by atoms with E-state index in [4.69, 9.17) is 9.47 Å². The van der Waals surface area contributed by atoms with Gasteiger partial charge in [-0.15, -0.1) is 0 Å². The molecule has 0 aliphatic carbocycles. The zero-order valence-corrected chi connectivity index (χ0v) is 13.8. The van der Waals surface area contributed by atoms with Crippen LogP contribution in [0.1, 0.15) is 13.3 Å². The Morgan fingerprint density at radius 1 is 1.33 bits per heavy atom. The number of carbonyl (C=O) groups is 2. The van der Waals surface area contributed by atoms with Crippen LogP contribution < -0.4 is 10.1 Å². The lowest BCUT2D eigenvalue weighted by Crippen LogP contribution is -2.43. The average Bonchev–Trinajstić information content (AvgIpc) is 2.85. The van der Waals surface area contributed by atoms with Crippen LogP contribution in [0.3, 0.4) is 0 Å². The fourth-order valence-corrected chi connectivity index (χ4v) is 3.86. The van der Waals surface area contributed by atoms with Crippen LogP contribution in [0.4, 0.5) is 4.39 Å². The van der Waals surface area contributed by atoms with Crippen molar-refractivity contribution in [3.63, 3.8) is 0 Å². The van der Waals surface area contributed by atoms with Crippen molar-refractivity contribution in [3.05, 3.63) is 30.1 Å². The lowest BCUT2D eigenvalue weighted by Gasteiger charge is -2.16. The smallest absolute Gasteiger partial charge is 0.344 e. The fourth-order valence-electron chi connectivity index (χ4n) is 2.19. The first-order valence-electron chi connectivity index (χ1n) is 7.34. The second-order valence-electron chi connectivity index (χ2n) is 5.48. The molecule has 0 unspecified atom stereocenters. The van der Waals surface area contributed by atoms with Crippen molar-refractivity contribution in [2.24, 2.45) is 0 Å². The third-order valence-electron chi connectivity index (χ3n) is 3.43. The van der Waals surface area contributed by atoms with Crippen LogP contribution in [0.2, 0.25) is 0 Å². The van der Waals surface area contributed by atoms with Gasteiger partial charge in [0, 0.05) is 6.04 Å².